The van der Waals surface area contributed by atoms with Crippen molar-refractivity contribution in [2.45, 2.75) is 209 Å². The Labute approximate surface area is 432 Å². The van der Waals surface area contributed by atoms with E-state index >= 15 is 0 Å². The number of sulfonamides is 1. The molecule has 19 atom stereocenters. The summed E-state index contributed by atoms with van der Waals surface area (Å²) in [4.78, 5) is 18.5. The lowest BCUT2D eigenvalue weighted by molar-refractivity contribution is -0.318. The monoisotopic (exact) mass is 1060 g/mol. The van der Waals surface area contributed by atoms with Gasteiger partial charge in [-0.1, -0.05) is 38.1 Å². The lowest BCUT2D eigenvalue weighted by Gasteiger charge is -2.49. The number of benzene rings is 1. The van der Waals surface area contributed by atoms with E-state index in [-0.39, 0.29) is 36.5 Å². The second kappa shape index (κ2) is 25.1. The van der Waals surface area contributed by atoms with Crippen LogP contribution in [0, 0.1) is 17.8 Å². The number of rotatable bonds is 16. The summed E-state index contributed by atoms with van der Waals surface area (Å²) in [5.74, 6) is -2.91. The first-order chi connectivity index (χ1) is 34.0. The molecule has 20 nitrogen and oxygen atoms in total. The van der Waals surface area contributed by atoms with Gasteiger partial charge in [0.15, 0.2) is 12.6 Å². The molecule has 3 fully saturated rings. The van der Waals surface area contributed by atoms with Crippen LogP contribution in [0.2, 0.25) is 0 Å². The van der Waals surface area contributed by atoms with E-state index in [1.165, 1.54) is 37.9 Å². The van der Waals surface area contributed by atoms with E-state index in [9.17, 15) is 43.1 Å². The van der Waals surface area contributed by atoms with Crippen molar-refractivity contribution >= 4 is 16.0 Å². The van der Waals surface area contributed by atoms with Crippen LogP contribution in [0.5, 0.6) is 0 Å². The number of carbonyl (C=O) groups is 1. The number of aliphatic hydroxyl groups excluding tert-OH is 3. The van der Waals surface area contributed by atoms with Gasteiger partial charge in [-0.2, -0.15) is 0 Å². The molecule has 418 valence electrons. The number of hydrogen-bond acceptors (Lipinski definition) is 18. The van der Waals surface area contributed by atoms with Crippen LogP contribution >= 0.6 is 0 Å². The van der Waals surface area contributed by atoms with Gasteiger partial charge in [0.1, 0.15) is 36.7 Å². The molecule has 0 spiro atoms. The number of likely N-dealkylation sites (N-methyl/N-ethyl adjacent to an activating group) is 2. The highest BCUT2D eigenvalue weighted by Gasteiger charge is 2.53. The lowest BCUT2D eigenvalue weighted by atomic mass is 9.77. The van der Waals surface area contributed by atoms with Crippen LogP contribution in [0.25, 0.3) is 0 Å². The van der Waals surface area contributed by atoms with Gasteiger partial charge in [-0.25, -0.2) is 22.2 Å². The summed E-state index contributed by atoms with van der Waals surface area (Å²) in [5, 5.41) is 68.2. The third-order valence-corrected chi connectivity index (χ3v) is 17.3. The number of ether oxygens (including phenoxy) is 6. The predicted octanol–water partition coefficient (Wildman–Crippen LogP) is 2.77. The maximum atomic E-state index is 14.5. The SMILES string of the molecule is CC[C@H]1OC(=O)[C@H](C)[C@@H](O[C@H]2C[C@@](C)(OC)[C@@H](O)[C@H](C)O2)[C@H](C)[C@@H](O[C@@H]2O[C@H](C)C[C@H](N(C)CCc3cn([C@H](CF)Cc4ccc(S(=O)(=O)NC)cc4)nn3)[C@H]2O)[C@](C)(O)C[C@@H](C)CN(C)[C@H](C)[C@@H](O)[C@]1(C)O. The van der Waals surface area contributed by atoms with E-state index in [1.807, 2.05) is 37.7 Å². The fraction of sp³-hybridized carbons (Fsp3) is 0.824. The molecule has 0 bridgehead atoms. The summed E-state index contributed by atoms with van der Waals surface area (Å²) >= 11 is 0. The molecule has 73 heavy (non-hydrogen) atoms. The standard InChI is InChI=1S/C51H87FN6O14S/c1-15-40-51(10,64)44(60)33(6)57(13)27-29(2)24-49(8,63)46(31(4)43(32(5)47(62)70-40)71-41-25-50(9,67-14)45(61)34(7)69-41)72-48-42(59)39(22-30(3)68-48)56(12)21-20-36-28-58(55-54-36)37(26-52)23-35-16-18-38(19-17-35)73(65,66)53-11/h16-19,28-34,37,39-46,48,53,59-61,63-64H,15,20-27H2,1-14H3/t29-,30-,31+,32-,33-,34+,37+,39+,40-,41+,42-,43+,44-,45+,46-,48+,49-,50-,51-/m1/s1. The number of aromatic nitrogens is 3. The summed E-state index contributed by atoms with van der Waals surface area (Å²) in [6.07, 6.45) is -7.26. The minimum Gasteiger partial charge on any atom is -0.459 e. The Morgan fingerprint density at radius 3 is 2.26 bits per heavy atom. The number of hydrogen-bond donors (Lipinski definition) is 6. The van der Waals surface area contributed by atoms with E-state index < -0.39 is 131 Å². The summed E-state index contributed by atoms with van der Waals surface area (Å²) in [7, 11) is 2.88. The van der Waals surface area contributed by atoms with Crippen LogP contribution in [0.4, 0.5) is 4.39 Å². The highest BCUT2D eigenvalue weighted by molar-refractivity contribution is 7.89. The Bertz CT molecular complexity index is 2170. The van der Waals surface area contributed by atoms with E-state index in [0.717, 1.165) is 5.56 Å². The largest absolute Gasteiger partial charge is 0.459 e. The van der Waals surface area contributed by atoms with Gasteiger partial charge >= 0.3 is 5.97 Å². The molecule has 1 aromatic carbocycles. The molecule has 6 N–H and O–H groups in total. The number of methoxy groups -OCH3 is 1. The molecule has 5 rings (SSSR count). The van der Waals surface area contributed by atoms with Crippen LogP contribution in [-0.4, -0.2) is 203 Å². The van der Waals surface area contributed by atoms with Crippen LogP contribution in [-0.2, 0) is 56.1 Å². The first-order valence-electron chi connectivity index (χ1n) is 25.8. The fourth-order valence-electron chi connectivity index (χ4n) is 11.1. The number of aliphatic hydroxyl groups is 5. The topological polar surface area (TPSA) is 257 Å². The molecule has 3 saturated heterocycles. The number of nitrogens with one attached hydrogen (secondary N) is 1. The fourth-order valence-corrected chi connectivity index (χ4v) is 11.9. The van der Waals surface area contributed by atoms with Crippen molar-refractivity contribution in [1.82, 2.24) is 29.5 Å². The highest BCUT2D eigenvalue weighted by atomic mass is 32.2. The smallest absolute Gasteiger partial charge is 0.311 e. The average molecular weight is 1060 g/mol. The molecular weight excluding hydrogens is 972 g/mol. The van der Waals surface area contributed by atoms with Crippen LogP contribution in [0.15, 0.2) is 35.4 Å². The maximum absolute atomic E-state index is 14.5. The summed E-state index contributed by atoms with van der Waals surface area (Å²) in [5.41, 5.74) is -3.30. The van der Waals surface area contributed by atoms with E-state index in [4.69, 9.17) is 28.4 Å². The molecular formula is C51H87FN6O14S. The molecule has 0 unspecified atom stereocenters. The van der Waals surface area contributed by atoms with Crippen LogP contribution < -0.4 is 4.72 Å². The summed E-state index contributed by atoms with van der Waals surface area (Å²) in [6, 6.07) is 4.44. The molecule has 1 aromatic heterocycles. The second-order valence-electron chi connectivity index (χ2n) is 22.0. The zero-order chi connectivity index (χ0) is 54.5. The summed E-state index contributed by atoms with van der Waals surface area (Å²) in [6.45, 7) is 17.4. The van der Waals surface area contributed by atoms with Gasteiger partial charge in [0.25, 0.3) is 0 Å². The number of cyclic esters (lactones) is 1. The van der Waals surface area contributed by atoms with E-state index in [2.05, 4.69) is 15.0 Å². The zero-order valence-corrected chi connectivity index (χ0v) is 46.2. The van der Waals surface area contributed by atoms with E-state index in [1.54, 1.807) is 66.8 Å². The van der Waals surface area contributed by atoms with Crippen molar-refractivity contribution in [3.63, 3.8) is 0 Å². The second-order valence-corrected chi connectivity index (χ2v) is 23.9. The predicted molar refractivity (Wildman–Crippen MR) is 268 cm³/mol. The first-order valence-corrected chi connectivity index (χ1v) is 27.3. The molecule has 3 aliphatic heterocycles. The van der Waals surface area contributed by atoms with Gasteiger partial charge < -0.3 is 63.8 Å². The van der Waals surface area contributed by atoms with Gasteiger partial charge in [0, 0.05) is 57.2 Å². The van der Waals surface area contributed by atoms with Crippen LogP contribution in [0.3, 0.4) is 0 Å². The minimum absolute atomic E-state index is 0.0755. The average Bonchev–Trinajstić information content (AvgIpc) is 3.82. The Balaban J connectivity index is 1.42. The van der Waals surface area contributed by atoms with Crippen molar-refractivity contribution in [3.8, 4) is 0 Å². The number of carbonyl (C=O) groups excluding carboxylic acids is 1. The molecule has 0 saturated carbocycles. The molecule has 3 aliphatic rings. The van der Waals surface area contributed by atoms with Gasteiger partial charge in [0.05, 0.1) is 58.2 Å². The molecule has 0 aliphatic carbocycles. The number of halogens is 1. The molecule has 0 amide bonds. The third kappa shape index (κ3) is 14.4. The van der Waals surface area contributed by atoms with Crippen molar-refractivity contribution < 1.29 is 71.6 Å². The summed E-state index contributed by atoms with van der Waals surface area (Å²) < 4.78 is 80.8. The lowest BCUT2D eigenvalue weighted by Crippen LogP contribution is -2.61. The number of nitrogens with zero attached hydrogens (tertiary/aromatic N) is 5. The van der Waals surface area contributed by atoms with E-state index in [0.29, 0.717) is 31.6 Å². The van der Waals surface area contributed by atoms with Crippen molar-refractivity contribution in [1.29, 1.82) is 0 Å². The zero-order valence-electron chi connectivity index (χ0n) is 45.4. The van der Waals surface area contributed by atoms with Crippen molar-refractivity contribution in [3.05, 3.63) is 41.7 Å². The molecule has 22 heteroatoms. The van der Waals surface area contributed by atoms with Gasteiger partial charge in [-0.15, -0.1) is 5.10 Å². The number of alkyl halides is 1. The molecule has 2 aromatic rings. The van der Waals surface area contributed by atoms with Crippen LogP contribution in [0.1, 0.15) is 112 Å². The Morgan fingerprint density at radius 1 is 1.00 bits per heavy atom. The third-order valence-electron chi connectivity index (χ3n) is 15.9. The van der Waals surface area contributed by atoms with Crippen molar-refractivity contribution in [2.75, 3.05) is 48.0 Å². The number of esters is 1. The Hall–Kier alpha value is -2.81. The highest BCUT2D eigenvalue weighted by Crippen LogP contribution is 2.40. The van der Waals surface area contributed by atoms with Gasteiger partial charge in [-0.05, 0) is 119 Å². The Morgan fingerprint density at radius 2 is 1.66 bits per heavy atom. The Kier molecular flexibility index (Phi) is 21.0. The van der Waals surface area contributed by atoms with Gasteiger partial charge in [-0.3, -0.25) is 4.79 Å². The molecule has 0 radical (unpaired) electrons. The molecule has 4 heterocycles. The normalized spacial score (nSPS) is 39.4. The van der Waals surface area contributed by atoms with Gasteiger partial charge in [0.2, 0.25) is 10.0 Å². The maximum Gasteiger partial charge on any atom is 0.311 e. The van der Waals surface area contributed by atoms with Crippen molar-refractivity contribution in [2.24, 2.45) is 17.8 Å². The first kappa shape index (κ1) is 61.0. The minimum atomic E-state index is -3.62. The quantitative estimate of drug-likeness (QED) is 0.132.